The zero-order valence-electron chi connectivity index (χ0n) is 12.1. The van der Waals surface area contributed by atoms with Gasteiger partial charge in [-0.3, -0.25) is 0 Å². The predicted molar refractivity (Wildman–Crippen MR) is 76.4 cm³/mol. The Balaban J connectivity index is 1.50. The normalized spacial score (nSPS) is 34.7. The number of nitrogens with one attached hydrogen (secondary N) is 1. The summed E-state index contributed by atoms with van der Waals surface area (Å²) in [7, 11) is 0. The first-order valence-electron chi connectivity index (χ1n) is 8.41. The highest BCUT2D eigenvalue weighted by Crippen LogP contribution is 2.28. The zero-order valence-corrected chi connectivity index (χ0v) is 12.1. The molecule has 3 fully saturated rings. The Morgan fingerprint density at radius 2 is 1.47 bits per heavy atom. The average Bonchev–Trinajstić information content (AvgIpc) is 2.95. The van der Waals surface area contributed by atoms with Gasteiger partial charge in [-0.15, -0.1) is 0 Å². The fourth-order valence-corrected chi connectivity index (χ4v) is 3.89. The minimum Gasteiger partial charge on any atom is -0.381 e. The Labute approximate surface area is 117 Å². The molecule has 3 heteroatoms. The van der Waals surface area contributed by atoms with Crippen LogP contribution in [0.1, 0.15) is 64.2 Å². The molecular formula is C16H29NO2. The highest BCUT2D eigenvalue weighted by atomic mass is 16.5. The van der Waals surface area contributed by atoms with Gasteiger partial charge in [-0.1, -0.05) is 25.7 Å². The smallest absolute Gasteiger partial charge is 0.0731 e. The molecule has 19 heavy (non-hydrogen) atoms. The van der Waals surface area contributed by atoms with Crippen LogP contribution in [0.25, 0.3) is 0 Å². The quantitative estimate of drug-likeness (QED) is 0.849. The van der Waals surface area contributed by atoms with E-state index in [0.29, 0.717) is 24.3 Å². The minimum absolute atomic E-state index is 0.472. The molecule has 2 saturated carbocycles. The molecular weight excluding hydrogens is 238 g/mol. The molecule has 1 N–H and O–H groups in total. The molecule has 1 saturated heterocycles. The van der Waals surface area contributed by atoms with Crippen molar-refractivity contribution in [1.82, 2.24) is 5.32 Å². The van der Waals surface area contributed by atoms with Crippen molar-refractivity contribution in [3.63, 3.8) is 0 Å². The van der Waals surface area contributed by atoms with Crippen molar-refractivity contribution < 1.29 is 9.47 Å². The monoisotopic (exact) mass is 267 g/mol. The summed E-state index contributed by atoms with van der Waals surface area (Å²) in [5.74, 6) is 0. The maximum absolute atomic E-state index is 6.41. The van der Waals surface area contributed by atoms with Gasteiger partial charge in [-0.05, 0) is 38.5 Å². The molecule has 3 rings (SSSR count). The largest absolute Gasteiger partial charge is 0.381 e. The van der Waals surface area contributed by atoms with Crippen molar-refractivity contribution in [3.8, 4) is 0 Å². The van der Waals surface area contributed by atoms with E-state index in [-0.39, 0.29) is 0 Å². The molecule has 110 valence electrons. The van der Waals surface area contributed by atoms with Crippen LogP contribution in [0.5, 0.6) is 0 Å². The number of hydrogen-bond donors (Lipinski definition) is 1. The van der Waals surface area contributed by atoms with Gasteiger partial charge >= 0.3 is 0 Å². The van der Waals surface area contributed by atoms with Crippen LogP contribution in [0.2, 0.25) is 0 Å². The van der Waals surface area contributed by atoms with Crippen LogP contribution >= 0.6 is 0 Å². The Morgan fingerprint density at radius 1 is 0.789 bits per heavy atom. The summed E-state index contributed by atoms with van der Waals surface area (Å²) in [4.78, 5) is 0. The molecule has 2 aliphatic carbocycles. The van der Waals surface area contributed by atoms with Crippen molar-refractivity contribution >= 4 is 0 Å². The van der Waals surface area contributed by atoms with Crippen molar-refractivity contribution in [2.24, 2.45) is 0 Å². The Hall–Kier alpha value is -0.120. The third kappa shape index (κ3) is 3.93. The van der Waals surface area contributed by atoms with Crippen LogP contribution in [0.15, 0.2) is 0 Å². The minimum atomic E-state index is 0.472. The van der Waals surface area contributed by atoms with E-state index >= 15 is 0 Å². The second-order valence-electron chi connectivity index (χ2n) is 6.53. The van der Waals surface area contributed by atoms with Crippen LogP contribution in [-0.4, -0.2) is 37.5 Å². The number of rotatable bonds is 4. The molecule has 2 atom stereocenters. The second-order valence-corrected chi connectivity index (χ2v) is 6.53. The van der Waals surface area contributed by atoms with Crippen LogP contribution < -0.4 is 5.32 Å². The second kappa shape index (κ2) is 7.05. The molecule has 3 aliphatic rings. The van der Waals surface area contributed by atoms with E-state index in [9.17, 15) is 0 Å². The van der Waals surface area contributed by atoms with Gasteiger partial charge in [0.05, 0.1) is 12.2 Å². The maximum atomic E-state index is 6.41. The molecule has 0 aromatic heterocycles. The summed E-state index contributed by atoms with van der Waals surface area (Å²) in [6, 6.07) is 1.25. The molecule has 0 aromatic carbocycles. The predicted octanol–water partition coefficient (Wildman–Crippen LogP) is 3.03. The lowest BCUT2D eigenvalue weighted by Crippen LogP contribution is -2.50. The van der Waals surface area contributed by atoms with Gasteiger partial charge in [-0.2, -0.15) is 0 Å². The van der Waals surface area contributed by atoms with E-state index in [1.165, 1.54) is 64.2 Å². The van der Waals surface area contributed by atoms with Crippen molar-refractivity contribution in [2.45, 2.75) is 88.5 Å². The molecule has 0 spiro atoms. The van der Waals surface area contributed by atoms with E-state index in [2.05, 4.69) is 5.32 Å². The van der Waals surface area contributed by atoms with E-state index < -0.39 is 0 Å². The molecule has 1 heterocycles. The highest BCUT2D eigenvalue weighted by molar-refractivity contribution is 4.87. The summed E-state index contributed by atoms with van der Waals surface area (Å²) in [5.41, 5.74) is 0. The van der Waals surface area contributed by atoms with Crippen molar-refractivity contribution in [1.29, 1.82) is 0 Å². The Kier molecular flexibility index (Phi) is 5.14. The van der Waals surface area contributed by atoms with Crippen molar-refractivity contribution in [3.05, 3.63) is 0 Å². The van der Waals surface area contributed by atoms with Gasteiger partial charge in [-0.25, -0.2) is 0 Å². The lowest BCUT2D eigenvalue weighted by atomic mass is 9.91. The average molecular weight is 267 g/mol. The zero-order chi connectivity index (χ0) is 12.9. The van der Waals surface area contributed by atoms with E-state index in [0.717, 1.165) is 13.2 Å². The molecule has 0 unspecified atom stereocenters. The Bertz CT molecular complexity index is 259. The van der Waals surface area contributed by atoms with Crippen LogP contribution in [-0.2, 0) is 9.47 Å². The van der Waals surface area contributed by atoms with Crippen LogP contribution in [0.4, 0.5) is 0 Å². The van der Waals surface area contributed by atoms with E-state index in [4.69, 9.17) is 9.47 Å². The molecule has 3 nitrogen and oxygen atoms in total. The molecule has 0 bridgehead atoms. The highest BCUT2D eigenvalue weighted by Gasteiger charge is 2.31. The molecule has 0 amide bonds. The molecule has 0 radical (unpaired) electrons. The van der Waals surface area contributed by atoms with Gasteiger partial charge in [0.2, 0.25) is 0 Å². The van der Waals surface area contributed by atoms with Crippen LogP contribution in [0.3, 0.4) is 0 Å². The fourth-order valence-electron chi connectivity index (χ4n) is 3.89. The molecule has 0 aromatic rings. The lowest BCUT2D eigenvalue weighted by molar-refractivity contribution is -0.0485. The summed E-state index contributed by atoms with van der Waals surface area (Å²) in [6.07, 6.45) is 14.0. The lowest BCUT2D eigenvalue weighted by Gasteiger charge is -2.37. The van der Waals surface area contributed by atoms with Crippen LogP contribution in [0, 0.1) is 0 Å². The summed E-state index contributed by atoms with van der Waals surface area (Å²) < 4.78 is 11.9. The fraction of sp³-hybridized carbons (Fsp3) is 1.00. The summed E-state index contributed by atoms with van der Waals surface area (Å²) in [5, 5.41) is 3.88. The summed E-state index contributed by atoms with van der Waals surface area (Å²) in [6.45, 7) is 1.86. The van der Waals surface area contributed by atoms with Gasteiger partial charge in [0.1, 0.15) is 0 Å². The van der Waals surface area contributed by atoms with E-state index in [1.54, 1.807) is 0 Å². The first-order chi connectivity index (χ1) is 9.42. The Morgan fingerprint density at radius 3 is 2.26 bits per heavy atom. The van der Waals surface area contributed by atoms with Gasteiger partial charge in [0, 0.05) is 25.3 Å². The standard InChI is InChI=1S/C16H29NO2/c1-2-6-14(5-1)19-16-8-4-3-7-15(16)17-13-9-11-18-12-10-13/h13-17H,1-12H2/t15-,16+/m0/s1. The SMILES string of the molecule is C1CCC(O[C@@H]2CCCC[C@@H]2NC2CCOCC2)C1. The van der Waals surface area contributed by atoms with Gasteiger partial charge in [0.25, 0.3) is 0 Å². The maximum Gasteiger partial charge on any atom is 0.0731 e. The van der Waals surface area contributed by atoms with Gasteiger partial charge in [0.15, 0.2) is 0 Å². The topological polar surface area (TPSA) is 30.5 Å². The van der Waals surface area contributed by atoms with E-state index in [1.807, 2.05) is 0 Å². The summed E-state index contributed by atoms with van der Waals surface area (Å²) >= 11 is 0. The third-order valence-electron chi connectivity index (χ3n) is 5.04. The van der Waals surface area contributed by atoms with Crippen molar-refractivity contribution in [2.75, 3.05) is 13.2 Å². The first kappa shape index (κ1) is 13.8. The third-order valence-corrected chi connectivity index (χ3v) is 5.04. The number of hydrogen-bond acceptors (Lipinski definition) is 3. The number of ether oxygens (including phenoxy) is 2. The first-order valence-corrected chi connectivity index (χ1v) is 8.41. The van der Waals surface area contributed by atoms with Gasteiger partial charge < -0.3 is 14.8 Å². The molecule has 1 aliphatic heterocycles.